The molecule has 0 atom stereocenters. The molecule has 1 fully saturated rings. The lowest BCUT2D eigenvalue weighted by atomic mass is 9.82. The molecule has 1 aliphatic carbocycles. The van der Waals surface area contributed by atoms with Crippen LogP contribution in [0.5, 0.6) is 0 Å². The maximum Gasteiger partial charge on any atom is 0.319 e. The van der Waals surface area contributed by atoms with Gasteiger partial charge in [-0.15, -0.1) is 11.8 Å². The molecule has 1 saturated carbocycles. The third-order valence-electron chi connectivity index (χ3n) is 2.94. The summed E-state index contributed by atoms with van der Waals surface area (Å²) in [6.45, 7) is 2.23. The molecule has 0 bridgehead atoms. The SMILES string of the molecule is CC1CCC(SCCO)(C(=O)O)CC1. The van der Waals surface area contributed by atoms with Crippen LogP contribution in [0.2, 0.25) is 0 Å². The molecule has 1 rings (SSSR count). The first-order chi connectivity index (χ1) is 6.60. The van der Waals surface area contributed by atoms with Gasteiger partial charge >= 0.3 is 5.97 Å². The van der Waals surface area contributed by atoms with E-state index < -0.39 is 10.7 Å². The second-order valence-corrected chi connectivity index (χ2v) is 5.53. The second-order valence-electron chi connectivity index (χ2n) is 4.05. The van der Waals surface area contributed by atoms with E-state index in [9.17, 15) is 9.90 Å². The van der Waals surface area contributed by atoms with Crippen LogP contribution >= 0.6 is 11.8 Å². The van der Waals surface area contributed by atoms with Gasteiger partial charge in [0, 0.05) is 5.75 Å². The highest BCUT2D eigenvalue weighted by molar-refractivity contribution is 8.01. The van der Waals surface area contributed by atoms with Crippen molar-refractivity contribution in [2.75, 3.05) is 12.4 Å². The monoisotopic (exact) mass is 218 g/mol. The predicted octanol–water partition coefficient (Wildman–Crippen LogP) is 1.75. The summed E-state index contributed by atoms with van der Waals surface area (Å²) in [5, 5.41) is 17.9. The first kappa shape index (κ1) is 11.9. The van der Waals surface area contributed by atoms with Crippen molar-refractivity contribution in [2.24, 2.45) is 5.92 Å². The van der Waals surface area contributed by atoms with Gasteiger partial charge in [0.2, 0.25) is 0 Å². The highest BCUT2D eigenvalue weighted by Crippen LogP contribution is 2.41. The van der Waals surface area contributed by atoms with E-state index in [-0.39, 0.29) is 6.61 Å². The van der Waals surface area contributed by atoms with Gasteiger partial charge in [-0.3, -0.25) is 4.79 Å². The number of aliphatic hydroxyl groups is 1. The van der Waals surface area contributed by atoms with Crippen LogP contribution in [0.4, 0.5) is 0 Å². The Hall–Kier alpha value is -0.220. The molecule has 0 aliphatic heterocycles. The van der Waals surface area contributed by atoms with Crippen LogP contribution < -0.4 is 0 Å². The zero-order valence-electron chi connectivity index (χ0n) is 8.53. The molecule has 0 aromatic rings. The van der Waals surface area contributed by atoms with Crippen LogP contribution in [0.15, 0.2) is 0 Å². The molecule has 0 unspecified atom stereocenters. The van der Waals surface area contributed by atoms with Crippen LogP contribution in [0.3, 0.4) is 0 Å². The van der Waals surface area contributed by atoms with Crippen LogP contribution in [0, 0.1) is 5.92 Å². The van der Waals surface area contributed by atoms with Gasteiger partial charge in [-0.25, -0.2) is 0 Å². The Bertz CT molecular complexity index is 192. The van der Waals surface area contributed by atoms with Crippen molar-refractivity contribution < 1.29 is 15.0 Å². The summed E-state index contributed by atoms with van der Waals surface area (Å²) in [5.74, 6) is 0.473. The van der Waals surface area contributed by atoms with Crippen LogP contribution in [0.25, 0.3) is 0 Å². The number of aliphatic hydroxyl groups excluding tert-OH is 1. The van der Waals surface area contributed by atoms with E-state index in [0.717, 1.165) is 25.7 Å². The Kier molecular flexibility index (Phi) is 4.26. The first-order valence-corrected chi connectivity index (χ1v) is 6.07. The summed E-state index contributed by atoms with van der Waals surface area (Å²) in [5.41, 5.74) is 0. The van der Waals surface area contributed by atoms with Gasteiger partial charge in [-0.1, -0.05) is 6.92 Å². The zero-order chi connectivity index (χ0) is 10.6. The molecule has 0 heterocycles. The van der Waals surface area contributed by atoms with Crippen molar-refractivity contribution in [1.82, 2.24) is 0 Å². The fourth-order valence-corrected chi connectivity index (χ4v) is 3.02. The zero-order valence-corrected chi connectivity index (χ0v) is 9.35. The number of hydrogen-bond donors (Lipinski definition) is 2. The topological polar surface area (TPSA) is 57.5 Å². The van der Waals surface area contributed by atoms with E-state index in [1.807, 2.05) is 0 Å². The van der Waals surface area contributed by atoms with Gasteiger partial charge in [0.25, 0.3) is 0 Å². The van der Waals surface area contributed by atoms with Gasteiger partial charge < -0.3 is 10.2 Å². The molecule has 0 aromatic carbocycles. The average molecular weight is 218 g/mol. The molecule has 4 heteroatoms. The maximum absolute atomic E-state index is 11.2. The Morgan fingerprint density at radius 1 is 1.50 bits per heavy atom. The van der Waals surface area contributed by atoms with Crippen molar-refractivity contribution in [3.63, 3.8) is 0 Å². The van der Waals surface area contributed by atoms with Crippen LogP contribution in [-0.2, 0) is 4.79 Å². The van der Waals surface area contributed by atoms with Crippen molar-refractivity contribution in [3.05, 3.63) is 0 Å². The minimum Gasteiger partial charge on any atom is -0.480 e. The van der Waals surface area contributed by atoms with E-state index in [4.69, 9.17) is 5.11 Å². The van der Waals surface area contributed by atoms with E-state index in [1.54, 1.807) is 0 Å². The largest absolute Gasteiger partial charge is 0.480 e. The average Bonchev–Trinajstić information content (AvgIpc) is 2.17. The Balaban J connectivity index is 2.58. The number of thioether (sulfide) groups is 1. The Morgan fingerprint density at radius 3 is 2.50 bits per heavy atom. The summed E-state index contributed by atoms with van der Waals surface area (Å²) in [7, 11) is 0. The van der Waals surface area contributed by atoms with Gasteiger partial charge in [-0.2, -0.15) is 0 Å². The molecular formula is C10H18O3S. The minimum absolute atomic E-state index is 0.0647. The molecule has 3 nitrogen and oxygen atoms in total. The molecule has 1 aliphatic rings. The smallest absolute Gasteiger partial charge is 0.319 e. The van der Waals surface area contributed by atoms with Crippen molar-refractivity contribution in [1.29, 1.82) is 0 Å². The molecule has 0 aromatic heterocycles. The summed E-state index contributed by atoms with van der Waals surface area (Å²) in [6, 6.07) is 0. The van der Waals surface area contributed by atoms with Crippen molar-refractivity contribution in [2.45, 2.75) is 37.4 Å². The molecular weight excluding hydrogens is 200 g/mol. The molecule has 14 heavy (non-hydrogen) atoms. The molecule has 0 spiro atoms. The maximum atomic E-state index is 11.2. The van der Waals surface area contributed by atoms with E-state index in [1.165, 1.54) is 11.8 Å². The number of carboxylic acids is 1. The number of carbonyl (C=O) groups is 1. The predicted molar refractivity (Wildman–Crippen MR) is 57.5 cm³/mol. The minimum atomic E-state index is -0.706. The lowest BCUT2D eigenvalue weighted by Gasteiger charge is -2.35. The fraction of sp³-hybridized carbons (Fsp3) is 0.900. The van der Waals surface area contributed by atoms with Gasteiger partial charge in [0.15, 0.2) is 0 Å². The summed E-state index contributed by atoms with van der Waals surface area (Å²) in [4.78, 5) is 11.2. The highest BCUT2D eigenvalue weighted by Gasteiger charge is 2.41. The summed E-state index contributed by atoms with van der Waals surface area (Å²) >= 11 is 1.41. The van der Waals surface area contributed by atoms with Gasteiger partial charge in [0.05, 0.1) is 6.61 Å². The normalized spacial score (nSPS) is 32.9. The summed E-state index contributed by atoms with van der Waals surface area (Å²) < 4.78 is -0.616. The van der Waals surface area contributed by atoms with Crippen LogP contribution in [0.1, 0.15) is 32.6 Å². The molecule has 0 amide bonds. The fourth-order valence-electron chi connectivity index (χ4n) is 1.89. The highest BCUT2D eigenvalue weighted by atomic mass is 32.2. The lowest BCUT2D eigenvalue weighted by Crippen LogP contribution is -2.39. The quantitative estimate of drug-likeness (QED) is 0.754. The molecule has 0 saturated heterocycles. The first-order valence-electron chi connectivity index (χ1n) is 5.09. The number of hydrogen-bond acceptors (Lipinski definition) is 3. The van der Waals surface area contributed by atoms with Gasteiger partial charge in [-0.05, 0) is 31.6 Å². The van der Waals surface area contributed by atoms with E-state index in [0.29, 0.717) is 11.7 Å². The molecule has 0 radical (unpaired) electrons. The van der Waals surface area contributed by atoms with Crippen molar-refractivity contribution in [3.8, 4) is 0 Å². The lowest BCUT2D eigenvalue weighted by molar-refractivity contribution is -0.141. The van der Waals surface area contributed by atoms with Crippen molar-refractivity contribution >= 4 is 17.7 Å². The van der Waals surface area contributed by atoms with E-state index in [2.05, 4.69) is 6.92 Å². The Morgan fingerprint density at radius 2 is 2.07 bits per heavy atom. The number of aliphatic carboxylic acids is 1. The standard InChI is InChI=1S/C10H18O3S/c1-8-2-4-10(5-3-8,9(12)13)14-7-6-11/h8,11H,2-7H2,1H3,(H,12,13). The van der Waals surface area contributed by atoms with E-state index >= 15 is 0 Å². The Labute approximate surface area is 88.9 Å². The van der Waals surface area contributed by atoms with Crippen LogP contribution in [-0.4, -0.2) is 33.3 Å². The molecule has 2 N–H and O–H groups in total. The number of carboxylic acid groups (broad SMARTS) is 1. The number of rotatable bonds is 4. The second kappa shape index (κ2) is 5.03. The summed E-state index contributed by atoms with van der Waals surface area (Å²) in [6.07, 6.45) is 3.47. The molecule has 82 valence electrons. The third kappa shape index (κ3) is 2.64. The third-order valence-corrected chi connectivity index (χ3v) is 4.46. The van der Waals surface area contributed by atoms with Gasteiger partial charge in [0.1, 0.15) is 4.75 Å².